The van der Waals surface area contributed by atoms with Gasteiger partial charge in [-0.25, -0.2) is 0 Å². The first kappa shape index (κ1) is 20.8. The number of amides is 2. The first-order chi connectivity index (χ1) is 14.4. The molecule has 0 bridgehead atoms. The Balaban J connectivity index is 1.71. The summed E-state index contributed by atoms with van der Waals surface area (Å²) < 4.78 is 2.36. The molecule has 4 rings (SSSR count). The molecule has 0 unspecified atom stereocenters. The van der Waals surface area contributed by atoms with Crippen molar-refractivity contribution in [2.75, 3.05) is 4.90 Å². The molecule has 0 spiro atoms. The van der Waals surface area contributed by atoms with Gasteiger partial charge < -0.3 is 4.57 Å². The molecular formula is C23H24ClN3O2S. The zero-order chi connectivity index (χ0) is 21.4. The van der Waals surface area contributed by atoms with Crippen molar-refractivity contribution in [3.05, 3.63) is 57.9 Å². The molecule has 2 aliphatic rings. The average Bonchev–Trinajstić information content (AvgIpc) is 2.99. The van der Waals surface area contributed by atoms with Gasteiger partial charge >= 0.3 is 0 Å². The van der Waals surface area contributed by atoms with Gasteiger partial charge in [0, 0.05) is 22.5 Å². The predicted molar refractivity (Wildman–Crippen MR) is 124 cm³/mol. The number of halogens is 1. The summed E-state index contributed by atoms with van der Waals surface area (Å²) in [6.07, 6.45) is 7.79. The van der Waals surface area contributed by atoms with Crippen LogP contribution in [0.1, 0.15) is 55.1 Å². The minimum atomic E-state index is -0.481. The summed E-state index contributed by atoms with van der Waals surface area (Å²) in [7, 11) is 0. The third kappa shape index (κ3) is 3.82. The number of nitrogens with one attached hydrogen (secondary N) is 1. The minimum absolute atomic E-state index is 0.0529. The molecule has 1 N–H and O–H groups in total. The van der Waals surface area contributed by atoms with Gasteiger partial charge in [-0.2, -0.15) is 0 Å². The van der Waals surface area contributed by atoms with E-state index >= 15 is 0 Å². The van der Waals surface area contributed by atoms with Crippen molar-refractivity contribution >= 4 is 52.5 Å². The molecule has 2 fully saturated rings. The van der Waals surface area contributed by atoms with Crippen molar-refractivity contribution in [1.82, 2.24) is 9.88 Å². The lowest BCUT2D eigenvalue weighted by atomic mass is 9.95. The van der Waals surface area contributed by atoms with Crippen LogP contribution in [0.4, 0.5) is 5.69 Å². The topological polar surface area (TPSA) is 54.3 Å². The number of nitrogens with zero attached hydrogens (tertiary/aromatic N) is 2. The van der Waals surface area contributed by atoms with Crippen molar-refractivity contribution in [1.29, 1.82) is 0 Å². The molecule has 1 aliphatic carbocycles. The summed E-state index contributed by atoms with van der Waals surface area (Å²) in [6, 6.07) is 9.38. The van der Waals surface area contributed by atoms with Crippen LogP contribution in [0.5, 0.6) is 0 Å². The van der Waals surface area contributed by atoms with E-state index in [2.05, 4.69) is 23.7 Å². The van der Waals surface area contributed by atoms with Crippen molar-refractivity contribution in [3.8, 4) is 0 Å². The van der Waals surface area contributed by atoms with Crippen LogP contribution in [0.25, 0.3) is 6.08 Å². The van der Waals surface area contributed by atoms with Crippen molar-refractivity contribution in [2.24, 2.45) is 0 Å². The van der Waals surface area contributed by atoms with Crippen LogP contribution in [0, 0.1) is 13.8 Å². The summed E-state index contributed by atoms with van der Waals surface area (Å²) in [6.45, 7) is 4.14. The van der Waals surface area contributed by atoms with Gasteiger partial charge in [0.2, 0.25) is 0 Å². The highest BCUT2D eigenvalue weighted by molar-refractivity contribution is 7.80. The van der Waals surface area contributed by atoms with Crippen LogP contribution >= 0.6 is 23.8 Å². The maximum Gasteiger partial charge on any atom is 0.270 e. The Labute approximate surface area is 186 Å². The smallest absolute Gasteiger partial charge is 0.270 e. The second-order valence-corrected chi connectivity index (χ2v) is 8.75. The van der Waals surface area contributed by atoms with Gasteiger partial charge in [-0.15, -0.1) is 0 Å². The Kier molecular flexibility index (Phi) is 5.80. The minimum Gasteiger partial charge on any atom is -0.346 e. The number of benzene rings is 1. The van der Waals surface area contributed by atoms with E-state index in [-0.39, 0.29) is 10.7 Å². The second-order valence-electron chi connectivity index (χ2n) is 7.93. The van der Waals surface area contributed by atoms with Gasteiger partial charge in [-0.05, 0) is 74.8 Å². The maximum absolute atomic E-state index is 13.2. The van der Waals surface area contributed by atoms with Crippen LogP contribution in [-0.4, -0.2) is 21.5 Å². The summed E-state index contributed by atoms with van der Waals surface area (Å²) in [5.41, 5.74) is 3.70. The molecule has 2 amide bonds. The molecule has 30 heavy (non-hydrogen) atoms. The highest BCUT2D eigenvalue weighted by atomic mass is 35.5. The third-order valence-electron chi connectivity index (χ3n) is 5.93. The van der Waals surface area contributed by atoms with Crippen molar-refractivity contribution in [3.63, 3.8) is 0 Å². The van der Waals surface area contributed by atoms with E-state index in [1.54, 1.807) is 30.3 Å². The molecule has 2 heterocycles. The molecule has 1 aromatic heterocycles. The number of hydrogen-bond acceptors (Lipinski definition) is 3. The predicted octanol–water partition coefficient (Wildman–Crippen LogP) is 5.09. The van der Waals surface area contributed by atoms with Crippen LogP contribution < -0.4 is 10.2 Å². The Morgan fingerprint density at radius 3 is 2.57 bits per heavy atom. The monoisotopic (exact) mass is 441 g/mol. The van der Waals surface area contributed by atoms with E-state index in [4.69, 9.17) is 23.8 Å². The number of aryl methyl sites for hydroxylation is 1. The van der Waals surface area contributed by atoms with Gasteiger partial charge in [-0.1, -0.05) is 36.9 Å². The lowest BCUT2D eigenvalue weighted by Crippen LogP contribution is -2.54. The Hall–Kier alpha value is -2.44. The van der Waals surface area contributed by atoms with E-state index in [0.29, 0.717) is 16.8 Å². The van der Waals surface area contributed by atoms with Gasteiger partial charge in [0.1, 0.15) is 5.57 Å². The number of carbonyl (C=O) groups is 2. The highest BCUT2D eigenvalue weighted by Crippen LogP contribution is 2.33. The molecule has 1 aromatic carbocycles. The van der Waals surface area contributed by atoms with Gasteiger partial charge in [0.15, 0.2) is 5.11 Å². The fourth-order valence-electron chi connectivity index (χ4n) is 4.51. The summed E-state index contributed by atoms with van der Waals surface area (Å²) in [4.78, 5) is 27.2. The Morgan fingerprint density at radius 2 is 1.87 bits per heavy atom. The van der Waals surface area contributed by atoms with Crippen LogP contribution in [0.3, 0.4) is 0 Å². The molecular weight excluding hydrogens is 418 g/mol. The zero-order valence-corrected chi connectivity index (χ0v) is 18.6. The zero-order valence-electron chi connectivity index (χ0n) is 17.1. The van der Waals surface area contributed by atoms with Gasteiger partial charge in [0.25, 0.3) is 11.8 Å². The second kappa shape index (κ2) is 8.36. The standard InChI is InChI=1S/C23H24ClN3O2S/c1-14-11-16(15(2)26(14)18-8-4-3-5-9-18)12-20-21(28)25-23(30)27(22(20)29)19-10-6-7-17(24)13-19/h6-7,10-13,18H,3-5,8-9H2,1-2H3,(H,25,28,30)/b20-12+. The lowest BCUT2D eigenvalue weighted by molar-refractivity contribution is -0.122. The average molecular weight is 442 g/mol. The molecule has 156 valence electrons. The van der Waals surface area contributed by atoms with Gasteiger partial charge in [-0.3, -0.25) is 19.8 Å². The Bertz CT molecular complexity index is 1070. The van der Waals surface area contributed by atoms with Crippen molar-refractivity contribution < 1.29 is 9.59 Å². The van der Waals surface area contributed by atoms with Crippen LogP contribution in [-0.2, 0) is 9.59 Å². The number of carbonyl (C=O) groups excluding carboxylic acids is 2. The van der Waals surface area contributed by atoms with E-state index in [1.165, 1.54) is 37.0 Å². The summed E-state index contributed by atoms with van der Waals surface area (Å²) in [5.74, 6) is -0.931. The van der Waals surface area contributed by atoms with Gasteiger partial charge in [0.05, 0.1) is 5.69 Å². The molecule has 0 radical (unpaired) electrons. The number of thiocarbonyl (C=S) groups is 1. The quantitative estimate of drug-likeness (QED) is 0.410. The van der Waals surface area contributed by atoms with E-state index < -0.39 is 11.8 Å². The number of aromatic nitrogens is 1. The summed E-state index contributed by atoms with van der Waals surface area (Å²) >= 11 is 11.3. The third-order valence-corrected chi connectivity index (χ3v) is 6.45. The van der Waals surface area contributed by atoms with E-state index in [9.17, 15) is 9.59 Å². The SMILES string of the molecule is Cc1cc(/C=C2\C(=O)NC(=S)N(c3cccc(Cl)c3)C2=O)c(C)n1C1CCCCC1. The first-order valence-corrected chi connectivity index (χ1v) is 11.0. The number of rotatable bonds is 3. The molecule has 2 aromatic rings. The van der Waals surface area contributed by atoms with E-state index in [0.717, 1.165) is 17.0 Å². The normalized spacial score (nSPS) is 19.5. The van der Waals surface area contributed by atoms with Crippen molar-refractivity contribution in [2.45, 2.75) is 52.0 Å². The molecule has 1 saturated carbocycles. The largest absolute Gasteiger partial charge is 0.346 e. The molecule has 5 nitrogen and oxygen atoms in total. The maximum atomic E-state index is 13.2. The fraction of sp³-hybridized carbons (Fsp3) is 0.348. The first-order valence-electron chi connectivity index (χ1n) is 10.2. The Morgan fingerprint density at radius 1 is 1.13 bits per heavy atom. The molecule has 7 heteroatoms. The molecule has 0 atom stereocenters. The fourth-order valence-corrected chi connectivity index (χ4v) is 4.98. The molecule has 1 aliphatic heterocycles. The highest BCUT2D eigenvalue weighted by Gasteiger charge is 2.35. The lowest BCUT2D eigenvalue weighted by Gasteiger charge is -2.29. The van der Waals surface area contributed by atoms with Crippen LogP contribution in [0.2, 0.25) is 5.02 Å². The number of anilines is 1. The summed E-state index contributed by atoms with van der Waals surface area (Å²) in [5, 5.41) is 3.17. The van der Waals surface area contributed by atoms with E-state index in [1.807, 2.05) is 6.07 Å². The number of hydrogen-bond donors (Lipinski definition) is 1. The van der Waals surface area contributed by atoms with Crippen LogP contribution in [0.15, 0.2) is 35.9 Å². The molecule has 1 saturated heterocycles.